The van der Waals surface area contributed by atoms with Gasteiger partial charge in [0.2, 0.25) is 11.8 Å². The van der Waals surface area contributed by atoms with Gasteiger partial charge in [0, 0.05) is 32.1 Å². The van der Waals surface area contributed by atoms with E-state index < -0.39 is 0 Å². The van der Waals surface area contributed by atoms with E-state index in [0.717, 1.165) is 38.8 Å². The van der Waals surface area contributed by atoms with Crippen LogP contribution in [0.2, 0.25) is 0 Å². The lowest BCUT2D eigenvalue weighted by Crippen LogP contribution is -2.44. The van der Waals surface area contributed by atoms with Crippen LogP contribution in [-0.2, 0) is 9.59 Å². The van der Waals surface area contributed by atoms with Gasteiger partial charge in [0.15, 0.2) is 11.5 Å². The van der Waals surface area contributed by atoms with Crippen LogP contribution in [0.25, 0.3) is 0 Å². The SMILES string of the molecule is COc1ccccc1OCCC(=O)N1CCC(C(=O)N2CCCCCC2)CC1. The first-order chi connectivity index (χ1) is 13.7. The molecule has 0 aliphatic carbocycles. The Morgan fingerprint density at radius 1 is 0.929 bits per heavy atom. The number of benzene rings is 1. The molecule has 2 amide bonds. The summed E-state index contributed by atoms with van der Waals surface area (Å²) in [6.45, 7) is 3.46. The maximum absolute atomic E-state index is 12.8. The first kappa shape index (κ1) is 20.5. The highest BCUT2D eigenvalue weighted by atomic mass is 16.5. The molecule has 6 nitrogen and oxygen atoms in total. The molecule has 28 heavy (non-hydrogen) atoms. The lowest BCUT2D eigenvalue weighted by molar-refractivity contribution is -0.141. The Balaban J connectivity index is 1.40. The lowest BCUT2D eigenvalue weighted by atomic mass is 9.95. The Bertz CT molecular complexity index is 648. The van der Waals surface area contributed by atoms with Crippen LogP contribution >= 0.6 is 0 Å². The molecule has 1 aromatic rings. The van der Waals surface area contributed by atoms with Crippen LogP contribution in [0.5, 0.6) is 11.5 Å². The molecular formula is C22H32N2O4. The van der Waals surface area contributed by atoms with Gasteiger partial charge in [-0.15, -0.1) is 0 Å². The summed E-state index contributed by atoms with van der Waals surface area (Å²) in [5.41, 5.74) is 0. The smallest absolute Gasteiger partial charge is 0.225 e. The topological polar surface area (TPSA) is 59.1 Å². The highest BCUT2D eigenvalue weighted by molar-refractivity contribution is 5.80. The fourth-order valence-electron chi connectivity index (χ4n) is 4.07. The van der Waals surface area contributed by atoms with Gasteiger partial charge in [-0.2, -0.15) is 0 Å². The number of methoxy groups -OCH3 is 1. The molecule has 2 aliphatic rings. The quantitative estimate of drug-likeness (QED) is 0.751. The zero-order valence-corrected chi connectivity index (χ0v) is 16.9. The molecule has 0 unspecified atom stereocenters. The van der Waals surface area contributed by atoms with Crippen molar-refractivity contribution in [2.45, 2.75) is 44.9 Å². The summed E-state index contributed by atoms with van der Waals surface area (Å²) in [5, 5.41) is 0. The molecule has 0 atom stereocenters. The fourth-order valence-corrected chi connectivity index (χ4v) is 4.07. The molecule has 3 rings (SSSR count). The van der Waals surface area contributed by atoms with Crippen molar-refractivity contribution in [3.63, 3.8) is 0 Å². The van der Waals surface area contributed by atoms with E-state index in [-0.39, 0.29) is 11.8 Å². The third-order valence-electron chi connectivity index (χ3n) is 5.76. The van der Waals surface area contributed by atoms with Gasteiger partial charge in [0.25, 0.3) is 0 Å². The summed E-state index contributed by atoms with van der Waals surface area (Å²) in [6.07, 6.45) is 6.58. The van der Waals surface area contributed by atoms with Gasteiger partial charge >= 0.3 is 0 Å². The molecule has 2 fully saturated rings. The number of amides is 2. The molecule has 0 radical (unpaired) electrons. The number of para-hydroxylation sites is 2. The highest BCUT2D eigenvalue weighted by Crippen LogP contribution is 2.26. The van der Waals surface area contributed by atoms with E-state index in [9.17, 15) is 9.59 Å². The van der Waals surface area contributed by atoms with E-state index in [1.54, 1.807) is 7.11 Å². The minimum absolute atomic E-state index is 0.0759. The first-order valence-corrected chi connectivity index (χ1v) is 10.5. The molecule has 0 N–H and O–H groups in total. The Kier molecular flexibility index (Phi) is 7.57. The normalized spacial score (nSPS) is 18.5. The average Bonchev–Trinajstić information content (AvgIpc) is 3.03. The van der Waals surface area contributed by atoms with Gasteiger partial charge < -0.3 is 19.3 Å². The zero-order valence-electron chi connectivity index (χ0n) is 16.9. The molecule has 0 spiro atoms. The van der Waals surface area contributed by atoms with Crippen molar-refractivity contribution < 1.29 is 19.1 Å². The summed E-state index contributed by atoms with van der Waals surface area (Å²) < 4.78 is 11.0. The number of carbonyl (C=O) groups is 2. The molecular weight excluding hydrogens is 356 g/mol. The predicted octanol–water partition coefficient (Wildman–Crippen LogP) is 3.11. The first-order valence-electron chi connectivity index (χ1n) is 10.5. The zero-order chi connectivity index (χ0) is 19.8. The average molecular weight is 389 g/mol. The molecule has 0 bridgehead atoms. The number of rotatable bonds is 6. The van der Waals surface area contributed by atoms with E-state index in [2.05, 4.69) is 4.90 Å². The van der Waals surface area contributed by atoms with Gasteiger partial charge in [-0.05, 0) is 37.8 Å². The fraction of sp³-hybridized carbons (Fsp3) is 0.636. The summed E-state index contributed by atoms with van der Waals surface area (Å²) in [5.74, 6) is 1.79. The standard InChI is InChI=1S/C22H32N2O4/c1-27-19-8-4-5-9-20(19)28-17-12-21(25)23-15-10-18(11-16-23)22(26)24-13-6-2-3-7-14-24/h4-5,8-9,18H,2-3,6-7,10-17H2,1H3. The van der Waals surface area contributed by atoms with Gasteiger partial charge in [0.05, 0.1) is 20.1 Å². The Hall–Kier alpha value is -2.24. The van der Waals surface area contributed by atoms with Crippen molar-refractivity contribution in [2.75, 3.05) is 39.9 Å². The second-order valence-corrected chi connectivity index (χ2v) is 7.64. The minimum Gasteiger partial charge on any atom is -0.493 e. The van der Waals surface area contributed by atoms with Gasteiger partial charge in [-0.1, -0.05) is 25.0 Å². The van der Waals surface area contributed by atoms with Crippen LogP contribution in [-0.4, -0.2) is 61.5 Å². The summed E-state index contributed by atoms with van der Waals surface area (Å²) in [6, 6.07) is 7.44. The second kappa shape index (κ2) is 10.3. The van der Waals surface area contributed by atoms with E-state index in [1.807, 2.05) is 29.2 Å². The maximum Gasteiger partial charge on any atom is 0.225 e. The van der Waals surface area contributed by atoms with Crippen molar-refractivity contribution in [3.8, 4) is 11.5 Å². The third-order valence-corrected chi connectivity index (χ3v) is 5.76. The Labute approximate surface area is 167 Å². The van der Waals surface area contributed by atoms with Gasteiger partial charge in [-0.25, -0.2) is 0 Å². The Morgan fingerprint density at radius 2 is 1.57 bits per heavy atom. The predicted molar refractivity (Wildman–Crippen MR) is 107 cm³/mol. The number of hydrogen-bond acceptors (Lipinski definition) is 4. The van der Waals surface area contributed by atoms with Crippen molar-refractivity contribution >= 4 is 11.8 Å². The molecule has 2 aliphatic heterocycles. The monoisotopic (exact) mass is 388 g/mol. The summed E-state index contributed by atoms with van der Waals surface area (Å²) in [7, 11) is 1.60. The molecule has 0 aromatic heterocycles. The van der Waals surface area contributed by atoms with Crippen LogP contribution in [0.4, 0.5) is 0 Å². The van der Waals surface area contributed by atoms with Gasteiger partial charge in [0.1, 0.15) is 0 Å². The van der Waals surface area contributed by atoms with Crippen LogP contribution in [0, 0.1) is 5.92 Å². The van der Waals surface area contributed by atoms with E-state index >= 15 is 0 Å². The van der Waals surface area contributed by atoms with Crippen molar-refractivity contribution in [2.24, 2.45) is 5.92 Å². The largest absolute Gasteiger partial charge is 0.493 e. The molecule has 0 saturated carbocycles. The van der Waals surface area contributed by atoms with Crippen molar-refractivity contribution in [1.29, 1.82) is 0 Å². The molecule has 2 heterocycles. The summed E-state index contributed by atoms with van der Waals surface area (Å²) >= 11 is 0. The van der Waals surface area contributed by atoms with E-state index in [1.165, 1.54) is 12.8 Å². The van der Waals surface area contributed by atoms with Crippen LogP contribution in [0.15, 0.2) is 24.3 Å². The number of ether oxygens (including phenoxy) is 2. The maximum atomic E-state index is 12.8. The third kappa shape index (κ3) is 5.40. The van der Waals surface area contributed by atoms with Crippen molar-refractivity contribution in [1.82, 2.24) is 9.80 Å². The lowest BCUT2D eigenvalue weighted by Gasteiger charge is -2.34. The van der Waals surface area contributed by atoms with Gasteiger partial charge in [-0.3, -0.25) is 9.59 Å². The number of hydrogen-bond donors (Lipinski definition) is 0. The minimum atomic E-state index is 0.0759. The summed E-state index contributed by atoms with van der Waals surface area (Å²) in [4.78, 5) is 29.2. The molecule has 1 aromatic carbocycles. The molecule has 154 valence electrons. The van der Waals surface area contributed by atoms with Crippen LogP contribution < -0.4 is 9.47 Å². The van der Waals surface area contributed by atoms with E-state index in [4.69, 9.17) is 9.47 Å². The number of nitrogens with zero attached hydrogens (tertiary/aromatic N) is 2. The van der Waals surface area contributed by atoms with Crippen LogP contribution in [0.3, 0.4) is 0 Å². The molecule has 6 heteroatoms. The Morgan fingerprint density at radius 3 is 2.21 bits per heavy atom. The van der Waals surface area contributed by atoms with Crippen molar-refractivity contribution in [3.05, 3.63) is 24.3 Å². The highest BCUT2D eigenvalue weighted by Gasteiger charge is 2.30. The number of carbonyl (C=O) groups excluding carboxylic acids is 2. The van der Waals surface area contributed by atoms with E-state index in [0.29, 0.717) is 43.5 Å². The molecule has 2 saturated heterocycles. The number of piperidine rings is 1. The van der Waals surface area contributed by atoms with Crippen LogP contribution in [0.1, 0.15) is 44.9 Å². The second-order valence-electron chi connectivity index (χ2n) is 7.64. The number of likely N-dealkylation sites (tertiary alicyclic amines) is 2.